The lowest BCUT2D eigenvalue weighted by molar-refractivity contribution is 0.0944. The first-order valence-corrected chi connectivity index (χ1v) is 8.24. The number of halogens is 1. The second-order valence-corrected chi connectivity index (χ2v) is 5.74. The highest BCUT2D eigenvalue weighted by Gasteiger charge is 2.10. The molecule has 3 rings (SSSR count). The van der Waals surface area contributed by atoms with Crippen LogP contribution in [0.25, 0.3) is 0 Å². The topological polar surface area (TPSA) is 74.0 Å². The minimum absolute atomic E-state index is 0.167. The molecule has 0 unspecified atom stereocenters. The highest BCUT2D eigenvalue weighted by Crippen LogP contribution is 2.23. The molecule has 0 aliphatic carbocycles. The predicted octanol–water partition coefficient (Wildman–Crippen LogP) is 2.72. The number of rotatable bonds is 7. The largest absolute Gasteiger partial charge is 0.470 e. The molecule has 8 heteroatoms. The van der Waals surface area contributed by atoms with Crippen LogP contribution in [0.3, 0.4) is 0 Å². The maximum absolute atomic E-state index is 12.2. The Morgan fingerprint density at radius 3 is 2.88 bits per heavy atom. The molecule has 0 aliphatic rings. The molecule has 2 heterocycles. The fourth-order valence-electron chi connectivity index (χ4n) is 2.20. The number of aryl methyl sites for hydroxylation is 1. The SMILES string of the molecule is CCn1cc(CNC(=O)c2ccn(COc3ccccc3Cl)n2)cn1. The maximum atomic E-state index is 12.2. The van der Waals surface area contributed by atoms with Crippen molar-refractivity contribution in [2.24, 2.45) is 0 Å². The molecule has 2 aromatic heterocycles. The van der Waals surface area contributed by atoms with E-state index < -0.39 is 0 Å². The molecule has 3 aromatic rings. The number of hydrogen-bond donors (Lipinski definition) is 1. The molecule has 1 N–H and O–H groups in total. The van der Waals surface area contributed by atoms with Gasteiger partial charge in [0.2, 0.25) is 0 Å². The summed E-state index contributed by atoms with van der Waals surface area (Å²) >= 11 is 6.03. The quantitative estimate of drug-likeness (QED) is 0.704. The van der Waals surface area contributed by atoms with Crippen LogP contribution in [0.1, 0.15) is 23.0 Å². The van der Waals surface area contributed by atoms with Crippen molar-refractivity contribution in [2.45, 2.75) is 26.7 Å². The molecule has 0 aliphatic heterocycles. The van der Waals surface area contributed by atoms with Crippen LogP contribution in [-0.4, -0.2) is 25.5 Å². The van der Waals surface area contributed by atoms with E-state index in [9.17, 15) is 4.79 Å². The standard InChI is InChI=1S/C17H18ClN5O2/c1-2-22-11-13(10-20-22)9-19-17(24)15-7-8-23(21-15)12-25-16-6-4-3-5-14(16)18/h3-8,10-11H,2,9,12H2,1H3,(H,19,24). The lowest BCUT2D eigenvalue weighted by Crippen LogP contribution is -2.23. The van der Waals surface area contributed by atoms with E-state index in [4.69, 9.17) is 16.3 Å². The van der Waals surface area contributed by atoms with Crippen LogP contribution >= 0.6 is 11.6 Å². The lowest BCUT2D eigenvalue weighted by atomic mass is 10.3. The average molecular weight is 360 g/mol. The summed E-state index contributed by atoms with van der Waals surface area (Å²) in [5.41, 5.74) is 1.27. The Kier molecular flexibility index (Phi) is 5.35. The number of benzene rings is 1. The van der Waals surface area contributed by atoms with E-state index in [2.05, 4.69) is 15.5 Å². The smallest absolute Gasteiger partial charge is 0.272 e. The molecule has 0 atom stereocenters. The number of hydrogen-bond acceptors (Lipinski definition) is 4. The molecule has 0 fully saturated rings. The van der Waals surface area contributed by atoms with Crippen molar-refractivity contribution in [3.8, 4) is 5.75 Å². The van der Waals surface area contributed by atoms with E-state index >= 15 is 0 Å². The zero-order chi connectivity index (χ0) is 17.6. The predicted molar refractivity (Wildman–Crippen MR) is 93.4 cm³/mol. The van der Waals surface area contributed by atoms with Crippen LogP contribution < -0.4 is 10.1 Å². The summed E-state index contributed by atoms with van der Waals surface area (Å²) in [6.45, 7) is 3.37. The van der Waals surface area contributed by atoms with E-state index in [1.807, 2.05) is 29.9 Å². The second kappa shape index (κ2) is 7.85. The molecule has 1 amide bonds. The highest BCUT2D eigenvalue weighted by atomic mass is 35.5. The van der Waals surface area contributed by atoms with Gasteiger partial charge in [-0.3, -0.25) is 9.48 Å². The number of carbonyl (C=O) groups is 1. The Hall–Kier alpha value is -2.80. The van der Waals surface area contributed by atoms with Crippen molar-refractivity contribution in [3.05, 3.63) is 65.2 Å². The number of para-hydroxylation sites is 1. The summed E-state index contributed by atoms with van der Waals surface area (Å²) < 4.78 is 8.93. The van der Waals surface area contributed by atoms with Gasteiger partial charge in [-0.1, -0.05) is 23.7 Å². The van der Waals surface area contributed by atoms with Crippen molar-refractivity contribution in [2.75, 3.05) is 0 Å². The van der Waals surface area contributed by atoms with Gasteiger partial charge in [0.15, 0.2) is 6.73 Å². The Bertz CT molecular complexity index is 858. The van der Waals surface area contributed by atoms with Gasteiger partial charge in [-0.25, -0.2) is 4.68 Å². The number of amides is 1. The average Bonchev–Trinajstić information content (AvgIpc) is 3.28. The number of nitrogens with one attached hydrogen (secondary N) is 1. The van der Waals surface area contributed by atoms with Gasteiger partial charge in [-0.15, -0.1) is 0 Å². The first kappa shape index (κ1) is 17.0. The molecule has 0 spiro atoms. The van der Waals surface area contributed by atoms with Crippen LogP contribution in [0, 0.1) is 0 Å². The summed E-state index contributed by atoms with van der Waals surface area (Å²) in [6, 6.07) is 8.83. The summed E-state index contributed by atoms with van der Waals surface area (Å²) in [5.74, 6) is 0.319. The molecular weight excluding hydrogens is 342 g/mol. The van der Waals surface area contributed by atoms with E-state index in [0.29, 0.717) is 23.0 Å². The third-order valence-corrected chi connectivity index (χ3v) is 3.84. The molecule has 130 valence electrons. The van der Waals surface area contributed by atoms with E-state index in [1.54, 1.807) is 30.6 Å². The Balaban J connectivity index is 1.53. The summed E-state index contributed by atoms with van der Waals surface area (Å²) in [6.07, 6.45) is 5.32. The monoisotopic (exact) mass is 359 g/mol. The van der Waals surface area contributed by atoms with Crippen LogP contribution in [0.2, 0.25) is 5.02 Å². The van der Waals surface area contributed by atoms with Gasteiger partial charge in [0, 0.05) is 31.0 Å². The van der Waals surface area contributed by atoms with E-state index in [-0.39, 0.29) is 12.6 Å². The van der Waals surface area contributed by atoms with Gasteiger partial charge in [0.1, 0.15) is 11.4 Å². The normalized spacial score (nSPS) is 10.6. The van der Waals surface area contributed by atoms with Crippen molar-refractivity contribution >= 4 is 17.5 Å². The first-order valence-electron chi connectivity index (χ1n) is 7.86. The van der Waals surface area contributed by atoms with Gasteiger partial charge >= 0.3 is 0 Å². The molecule has 25 heavy (non-hydrogen) atoms. The fraction of sp³-hybridized carbons (Fsp3) is 0.235. The van der Waals surface area contributed by atoms with Crippen molar-refractivity contribution in [3.63, 3.8) is 0 Å². The maximum Gasteiger partial charge on any atom is 0.272 e. The zero-order valence-corrected chi connectivity index (χ0v) is 14.5. The molecule has 1 aromatic carbocycles. The fourth-order valence-corrected chi connectivity index (χ4v) is 2.39. The highest BCUT2D eigenvalue weighted by molar-refractivity contribution is 6.32. The van der Waals surface area contributed by atoms with E-state index in [1.165, 1.54) is 4.68 Å². The number of carbonyl (C=O) groups excluding carboxylic acids is 1. The van der Waals surface area contributed by atoms with Crippen LogP contribution in [0.15, 0.2) is 48.9 Å². The van der Waals surface area contributed by atoms with Crippen LogP contribution in [0.4, 0.5) is 0 Å². The minimum Gasteiger partial charge on any atom is -0.470 e. The Labute approximate surface area is 150 Å². The zero-order valence-electron chi connectivity index (χ0n) is 13.7. The number of nitrogens with zero attached hydrogens (tertiary/aromatic N) is 4. The molecule has 0 bridgehead atoms. The second-order valence-electron chi connectivity index (χ2n) is 5.33. The summed E-state index contributed by atoms with van der Waals surface area (Å²) in [4.78, 5) is 12.2. The van der Waals surface area contributed by atoms with Crippen LogP contribution in [-0.2, 0) is 19.8 Å². The third kappa shape index (κ3) is 4.39. The Morgan fingerprint density at radius 2 is 2.12 bits per heavy atom. The number of aromatic nitrogens is 4. The molecule has 0 radical (unpaired) electrons. The summed E-state index contributed by atoms with van der Waals surface area (Å²) in [7, 11) is 0. The first-order chi connectivity index (χ1) is 12.2. The molecule has 7 nitrogen and oxygen atoms in total. The third-order valence-electron chi connectivity index (χ3n) is 3.53. The van der Waals surface area contributed by atoms with Gasteiger partial charge < -0.3 is 10.1 Å². The van der Waals surface area contributed by atoms with Gasteiger partial charge in [-0.2, -0.15) is 10.2 Å². The minimum atomic E-state index is -0.249. The van der Waals surface area contributed by atoms with Gasteiger partial charge in [-0.05, 0) is 25.1 Å². The molecule has 0 saturated heterocycles. The van der Waals surface area contributed by atoms with Gasteiger partial charge in [0.25, 0.3) is 5.91 Å². The molecular formula is C17H18ClN5O2. The van der Waals surface area contributed by atoms with Gasteiger partial charge in [0.05, 0.1) is 11.2 Å². The van der Waals surface area contributed by atoms with Crippen molar-refractivity contribution in [1.82, 2.24) is 24.9 Å². The number of ether oxygens (including phenoxy) is 1. The lowest BCUT2D eigenvalue weighted by Gasteiger charge is -2.07. The van der Waals surface area contributed by atoms with Crippen LogP contribution in [0.5, 0.6) is 5.75 Å². The van der Waals surface area contributed by atoms with E-state index in [0.717, 1.165) is 12.1 Å². The van der Waals surface area contributed by atoms with Crippen molar-refractivity contribution < 1.29 is 9.53 Å². The van der Waals surface area contributed by atoms with Crippen molar-refractivity contribution in [1.29, 1.82) is 0 Å². The Morgan fingerprint density at radius 1 is 1.28 bits per heavy atom. The molecule has 0 saturated carbocycles. The summed E-state index contributed by atoms with van der Waals surface area (Å²) in [5, 5.41) is 11.7.